The largest absolute Gasteiger partial charge is 0.394 e. The molecule has 78 heavy (non-hydrogen) atoms. The molecule has 0 aromatic carbocycles. The molecule has 456 valence electrons. The van der Waals surface area contributed by atoms with Crippen molar-refractivity contribution < 1.29 is 174 Å². The quantitative estimate of drug-likeness (QED) is 0.0571. The van der Waals surface area contributed by atoms with Gasteiger partial charge >= 0.3 is 0 Å². The van der Waals surface area contributed by atoms with Crippen LogP contribution in [0.5, 0.6) is 0 Å². The van der Waals surface area contributed by atoms with Gasteiger partial charge in [-0.1, -0.05) is 0 Å². The number of aliphatic hydroxyl groups is 22. The molecule has 7 aliphatic rings. The van der Waals surface area contributed by atoms with Gasteiger partial charge in [-0.25, -0.2) is 0 Å². The van der Waals surface area contributed by atoms with E-state index in [1.807, 2.05) is 0 Å². The highest BCUT2D eigenvalue weighted by molar-refractivity contribution is 5.01. The summed E-state index contributed by atoms with van der Waals surface area (Å²) in [6.07, 6.45) is -67.3. The average Bonchev–Trinajstić information content (AvgIpc) is 3.42. The Hall–Kier alpha value is -1.40. The van der Waals surface area contributed by atoms with Crippen molar-refractivity contribution >= 4 is 0 Å². The van der Waals surface area contributed by atoms with E-state index in [0.29, 0.717) is 0 Å². The van der Waals surface area contributed by atoms with Crippen molar-refractivity contribution in [1.82, 2.24) is 0 Å². The number of hydrogen-bond acceptors (Lipinski definition) is 35. The van der Waals surface area contributed by atoms with Crippen molar-refractivity contribution in [3.8, 4) is 0 Å². The highest BCUT2D eigenvalue weighted by Crippen LogP contribution is 2.37. The van der Waals surface area contributed by atoms with Crippen LogP contribution in [-0.2, 0) is 61.6 Å². The molecule has 35 heteroatoms. The molecular weight excluding hydrogens is 1080 g/mol. The number of rotatable bonds is 19. The van der Waals surface area contributed by atoms with Gasteiger partial charge in [-0.3, -0.25) is 0 Å². The molecule has 22 N–H and O–H groups in total. The van der Waals surface area contributed by atoms with Gasteiger partial charge in [-0.2, -0.15) is 0 Å². The van der Waals surface area contributed by atoms with Gasteiger partial charge in [0.2, 0.25) is 0 Å². The lowest BCUT2D eigenvalue weighted by atomic mass is 9.94. The third kappa shape index (κ3) is 13.1. The fourth-order valence-corrected chi connectivity index (χ4v) is 10.1. The smallest absolute Gasteiger partial charge is 0.187 e. The van der Waals surface area contributed by atoms with Crippen LogP contribution in [0, 0.1) is 0 Å². The molecule has 0 spiro atoms. The maximum atomic E-state index is 11.8. The van der Waals surface area contributed by atoms with E-state index in [0.717, 1.165) is 0 Å². The van der Waals surface area contributed by atoms with Gasteiger partial charge in [0.15, 0.2) is 37.7 Å². The van der Waals surface area contributed by atoms with Crippen molar-refractivity contribution in [1.29, 1.82) is 0 Å². The summed E-state index contributed by atoms with van der Waals surface area (Å²) < 4.78 is 73.2. The molecule has 0 radical (unpaired) electrons. The normalized spacial score (nSPS) is 53.5. The molecule has 7 aliphatic heterocycles. The van der Waals surface area contributed by atoms with Crippen molar-refractivity contribution in [2.45, 2.75) is 222 Å². The fraction of sp³-hybridized carbons (Fsp3) is 1.00. The molecule has 0 aromatic heterocycles. The van der Waals surface area contributed by atoms with E-state index in [2.05, 4.69) is 0 Å². The summed E-state index contributed by atoms with van der Waals surface area (Å²) in [6, 6.07) is 0. The van der Waals surface area contributed by atoms with Gasteiger partial charge in [-0.15, -0.1) is 0 Å². The summed E-state index contributed by atoms with van der Waals surface area (Å²) in [5, 5.41) is 236. The molecule has 7 fully saturated rings. The van der Waals surface area contributed by atoms with E-state index in [-0.39, 0.29) is 0 Å². The lowest BCUT2D eigenvalue weighted by Gasteiger charge is -2.50. The Morgan fingerprint density at radius 3 is 0.795 bits per heavy atom. The maximum Gasteiger partial charge on any atom is 0.187 e. The molecule has 0 saturated carbocycles. The van der Waals surface area contributed by atoms with Crippen molar-refractivity contribution in [2.24, 2.45) is 0 Å². The Morgan fingerprint density at radius 1 is 0.244 bits per heavy atom. The van der Waals surface area contributed by atoms with Gasteiger partial charge in [0.05, 0.1) is 52.4 Å². The lowest BCUT2D eigenvalue weighted by Crippen LogP contribution is -2.68. The van der Waals surface area contributed by atoms with E-state index in [4.69, 9.17) is 61.6 Å². The van der Waals surface area contributed by atoms with Crippen LogP contribution < -0.4 is 0 Å². The summed E-state index contributed by atoms with van der Waals surface area (Å²) in [4.78, 5) is 0. The van der Waals surface area contributed by atoms with Crippen molar-refractivity contribution in [2.75, 3.05) is 46.2 Å². The second-order valence-electron chi connectivity index (χ2n) is 19.9. The lowest BCUT2D eigenvalue weighted by molar-refractivity contribution is -0.396. The first-order chi connectivity index (χ1) is 37.0. The summed E-state index contributed by atoms with van der Waals surface area (Å²) >= 11 is 0. The predicted molar refractivity (Wildman–Crippen MR) is 235 cm³/mol. The predicted octanol–water partition coefficient (Wildman–Crippen LogP) is -15.2. The summed E-state index contributed by atoms with van der Waals surface area (Å²) in [7, 11) is 0. The molecule has 35 atom stereocenters. The van der Waals surface area contributed by atoms with E-state index < -0.39 is 261 Å². The SMILES string of the molecule is CC1OC(CO)C(O)C(OC2OC(CO)C(O)C(OC3OC(CO)C(O)C(OC4OC(COC5OC(CO)C(O)C(OC6OC(CO)C(O)C(O)C6O)C5O)C(O)C(OC5OC(CO)C(O)C(O)C5O)C4O)C3O)C2O)C1O. The van der Waals surface area contributed by atoms with Crippen LogP contribution in [-0.4, -0.2) is 373 Å². The topological polar surface area (TPSA) is 565 Å². The van der Waals surface area contributed by atoms with Crippen LogP contribution in [0.15, 0.2) is 0 Å². The molecule has 0 bridgehead atoms. The molecule has 35 unspecified atom stereocenters. The third-order valence-corrected chi connectivity index (χ3v) is 14.8. The standard InChI is InChI=1S/C43H74O35/c1-9-17(50)33(20(53)12(4-46)67-9)74-41-30(63)35(22(55)14(6-48)71-41)77-42-31(64)36(23(56)15(7-49)72-42)78-43-32(65)37(76-40-28(61)26(59)19(52)11(3-45)70-40)24(57)16(73-43)8-66-38-29(62)34(21(54)13(5-47)68-38)75-39-27(60)25(58)18(51)10(2-44)69-39/h9-65H,2-8H2,1H3. The van der Waals surface area contributed by atoms with Crippen molar-refractivity contribution in [3.63, 3.8) is 0 Å². The molecular formula is C43H74O35. The van der Waals surface area contributed by atoms with E-state index in [9.17, 15) is 112 Å². The molecule has 0 aliphatic carbocycles. The number of aliphatic hydroxyl groups excluding tert-OH is 22. The van der Waals surface area contributed by atoms with Gasteiger partial charge < -0.3 is 174 Å². The summed E-state index contributed by atoms with van der Waals surface area (Å²) in [5.74, 6) is 0. The zero-order chi connectivity index (χ0) is 57.3. The first-order valence-electron chi connectivity index (χ1n) is 25.0. The van der Waals surface area contributed by atoms with Crippen LogP contribution in [0.2, 0.25) is 0 Å². The maximum absolute atomic E-state index is 11.8. The summed E-state index contributed by atoms with van der Waals surface area (Å²) in [6.45, 7) is -5.26. The zero-order valence-corrected chi connectivity index (χ0v) is 41.3. The minimum absolute atomic E-state index is 0.732. The third-order valence-electron chi connectivity index (χ3n) is 14.8. The van der Waals surface area contributed by atoms with E-state index in [1.54, 1.807) is 0 Å². The fourth-order valence-electron chi connectivity index (χ4n) is 10.1. The Bertz CT molecular complexity index is 1810. The van der Waals surface area contributed by atoms with Crippen LogP contribution in [0.1, 0.15) is 6.92 Å². The van der Waals surface area contributed by atoms with Gasteiger partial charge in [-0.05, 0) is 6.92 Å². The monoisotopic (exact) mass is 1150 g/mol. The average molecular weight is 1150 g/mol. The minimum atomic E-state index is -2.34. The number of hydrogen-bond donors (Lipinski definition) is 22. The van der Waals surface area contributed by atoms with E-state index >= 15 is 0 Å². The molecule has 0 amide bonds. The van der Waals surface area contributed by atoms with Gasteiger partial charge in [0.1, 0.15) is 171 Å². The Kier molecular flexibility index (Phi) is 22.7. The number of ether oxygens (including phenoxy) is 13. The zero-order valence-electron chi connectivity index (χ0n) is 41.3. The Labute approximate surface area is 441 Å². The second-order valence-corrected chi connectivity index (χ2v) is 19.9. The molecule has 7 rings (SSSR count). The van der Waals surface area contributed by atoms with Crippen LogP contribution in [0.4, 0.5) is 0 Å². The molecule has 7 heterocycles. The summed E-state index contributed by atoms with van der Waals surface area (Å²) in [5.41, 5.74) is 0. The molecule has 7 saturated heterocycles. The first kappa shape index (κ1) is 64.2. The van der Waals surface area contributed by atoms with Crippen LogP contribution in [0.25, 0.3) is 0 Å². The Balaban J connectivity index is 1.12. The highest BCUT2D eigenvalue weighted by Gasteiger charge is 2.58. The molecule has 35 nitrogen and oxygen atoms in total. The van der Waals surface area contributed by atoms with Gasteiger partial charge in [0, 0.05) is 0 Å². The van der Waals surface area contributed by atoms with Crippen molar-refractivity contribution in [3.05, 3.63) is 0 Å². The van der Waals surface area contributed by atoms with Crippen LogP contribution >= 0.6 is 0 Å². The van der Waals surface area contributed by atoms with E-state index in [1.165, 1.54) is 6.92 Å². The van der Waals surface area contributed by atoms with Gasteiger partial charge in [0.25, 0.3) is 0 Å². The van der Waals surface area contributed by atoms with Crippen LogP contribution in [0.3, 0.4) is 0 Å². The molecule has 0 aromatic rings. The highest BCUT2D eigenvalue weighted by atomic mass is 16.8. The first-order valence-corrected chi connectivity index (χ1v) is 25.0. The minimum Gasteiger partial charge on any atom is -0.394 e. The second kappa shape index (κ2) is 27.5. The Morgan fingerprint density at radius 2 is 0.474 bits per heavy atom.